The molecule has 0 spiro atoms. The summed E-state index contributed by atoms with van der Waals surface area (Å²) in [5, 5.41) is 15.4. The number of phenolic OH excluding ortho intramolecular Hbond substituents is 1. The van der Waals surface area contributed by atoms with E-state index in [1.54, 1.807) is 12.1 Å². The van der Waals surface area contributed by atoms with Crippen molar-refractivity contribution in [1.82, 2.24) is 10.7 Å². The van der Waals surface area contributed by atoms with Crippen molar-refractivity contribution in [3.05, 3.63) is 29.8 Å². The van der Waals surface area contributed by atoms with E-state index >= 15 is 0 Å². The van der Waals surface area contributed by atoms with Crippen molar-refractivity contribution in [3.8, 4) is 5.75 Å². The van der Waals surface area contributed by atoms with Crippen molar-refractivity contribution in [3.63, 3.8) is 0 Å². The van der Waals surface area contributed by atoms with E-state index in [4.69, 9.17) is 4.74 Å². The molecule has 0 bridgehead atoms. The zero-order valence-corrected chi connectivity index (χ0v) is 11.4. The molecule has 1 aliphatic heterocycles. The number of rotatable bonds is 4. The Bertz CT molecular complexity index is 539. The lowest BCUT2D eigenvalue weighted by atomic mass is 10.2. The first kappa shape index (κ1) is 15.0. The number of nitrogens with one attached hydrogen (secondary N) is 2. The molecule has 2 amide bonds. The maximum Gasteiger partial charge on any atom is 0.329 e. The number of ether oxygens (including phenoxy) is 1. The van der Waals surface area contributed by atoms with Crippen LogP contribution in [0.5, 0.6) is 5.75 Å². The van der Waals surface area contributed by atoms with E-state index in [1.807, 2.05) is 0 Å². The molecular formula is C14H17N3O4. The van der Waals surface area contributed by atoms with Crippen LogP contribution in [0.3, 0.4) is 0 Å². The Kier molecular flexibility index (Phi) is 5.28. The van der Waals surface area contributed by atoms with Gasteiger partial charge >= 0.3 is 11.8 Å². The van der Waals surface area contributed by atoms with E-state index in [9.17, 15) is 14.7 Å². The third-order valence-corrected chi connectivity index (χ3v) is 2.97. The standard InChI is InChI=1S/C14H17N3O4/c18-11-4-1-3-10(7-11)8-16-17-14(20)13(19)15-9-12-5-2-6-21-12/h1,3-4,7-8,12,18H,2,5-6,9H2,(H,15,19)(H,17,20)/b16-8+. The van der Waals surface area contributed by atoms with E-state index in [1.165, 1.54) is 18.3 Å². The van der Waals surface area contributed by atoms with Gasteiger partial charge in [-0.1, -0.05) is 12.1 Å². The van der Waals surface area contributed by atoms with Crippen LogP contribution in [0.1, 0.15) is 18.4 Å². The van der Waals surface area contributed by atoms with Gasteiger partial charge < -0.3 is 15.2 Å². The quantitative estimate of drug-likeness (QED) is 0.417. The normalized spacial score (nSPS) is 17.8. The number of amides is 2. The van der Waals surface area contributed by atoms with Crippen molar-refractivity contribution in [2.45, 2.75) is 18.9 Å². The molecule has 7 heteroatoms. The van der Waals surface area contributed by atoms with Crippen molar-refractivity contribution < 1.29 is 19.4 Å². The number of hydrogen-bond donors (Lipinski definition) is 3. The number of benzene rings is 1. The summed E-state index contributed by atoms with van der Waals surface area (Å²) >= 11 is 0. The monoisotopic (exact) mass is 291 g/mol. The van der Waals surface area contributed by atoms with Gasteiger partial charge in [-0.3, -0.25) is 9.59 Å². The molecule has 0 aromatic heterocycles. The van der Waals surface area contributed by atoms with E-state index in [0.29, 0.717) is 18.7 Å². The summed E-state index contributed by atoms with van der Waals surface area (Å²) < 4.78 is 5.33. The molecule has 1 aromatic rings. The summed E-state index contributed by atoms with van der Waals surface area (Å²) in [6, 6.07) is 6.35. The van der Waals surface area contributed by atoms with Crippen LogP contribution in [0.15, 0.2) is 29.4 Å². The predicted molar refractivity (Wildman–Crippen MR) is 75.8 cm³/mol. The predicted octanol–water partition coefficient (Wildman–Crippen LogP) is 0.138. The molecule has 3 N–H and O–H groups in total. The van der Waals surface area contributed by atoms with E-state index in [0.717, 1.165) is 12.8 Å². The van der Waals surface area contributed by atoms with Gasteiger partial charge in [0.2, 0.25) is 0 Å². The molecule has 1 heterocycles. The van der Waals surface area contributed by atoms with Gasteiger partial charge in [-0.2, -0.15) is 5.10 Å². The minimum absolute atomic E-state index is 0.0162. The zero-order valence-electron chi connectivity index (χ0n) is 11.4. The van der Waals surface area contributed by atoms with Crippen LogP contribution in [0, 0.1) is 0 Å². The molecule has 1 unspecified atom stereocenters. The Labute approximate surface area is 122 Å². The van der Waals surface area contributed by atoms with Crippen molar-refractivity contribution in [2.24, 2.45) is 5.10 Å². The average molecular weight is 291 g/mol. The maximum absolute atomic E-state index is 11.5. The third-order valence-electron chi connectivity index (χ3n) is 2.97. The smallest absolute Gasteiger partial charge is 0.329 e. The van der Waals surface area contributed by atoms with E-state index in [2.05, 4.69) is 15.8 Å². The highest BCUT2D eigenvalue weighted by atomic mass is 16.5. The molecule has 7 nitrogen and oxygen atoms in total. The van der Waals surface area contributed by atoms with Crippen LogP contribution in [0.25, 0.3) is 0 Å². The second-order valence-electron chi connectivity index (χ2n) is 4.64. The second kappa shape index (κ2) is 7.39. The lowest BCUT2D eigenvalue weighted by Gasteiger charge is -2.09. The summed E-state index contributed by atoms with van der Waals surface area (Å²) in [7, 11) is 0. The maximum atomic E-state index is 11.5. The number of phenols is 1. The Morgan fingerprint density at radius 3 is 3.00 bits per heavy atom. The molecule has 0 aliphatic carbocycles. The van der Waals surface area contributed by atoms with Crippen LogP contribution in [0.4, 0.5) is 0 Å². The fourth-order valence-corrected chi connectivity index (χ4v) is 1.91. The molecule has 1 fully saturated rings. The van der Waals surface area contributed by atoms with Gasteiger partial charge in [-0.15, -0.1) is 0 Å². The molecule has 21 heavy (non-hydrogen) atoms. The molecule has 112 valence electrons. The average Bonchev–Trinajstić information content (AvgIpc) is 2.98. The zero-order chi connectivity index (χ0) is 15.1. The number of nitrogens with zero attached hydrogens (tertiary/aromatic N) is 1. The van der Waals surface area contributed by atoms with Crippen LogP contribution >= 0.6 is 0 Å². The topological polar surface area (TPSA) is 100 Å². The highest BCUT2D eigenvalue weighted by molar-refractivity contribution is 6.35. The van der Waals surface area contributed by atoms with Gasteiger partial charge in [0.05, 0.1) is 12.3 Å². The van der Waals surface area contributed by atoms with Crippen LogP contribution in [-0.2, 0) is 14.3 Å². The highest BCUT2D eigenvalue weighted by Crippen LogP contribution is 2.10. The first-order valence-electron chi connectivity index (χ1n) is 6.67. The Hall–Kier alpha value is -2.41. The number of hydrogen-bond acceptors (Lipinski definition) is 5. The third kappa shape index (κ3) is 4.88. The largest absolute Gasteiger partial charge is 0.508 e. The number of carbonyl (C=O) groups excluding carboxylic acids is 2. The second-order valence-corrected chi connectivity index (χ2v) is 4.64. The number of hydrazone groups is 1. The minimum atomic E-state index is -0.843. The molecule has 1 saturated heterocycles. The fourth-order valence-electron chi connectivity index (χ4n) is 1.91. The summed E-state index contributed by atoms with van der Waals surface area (Å²) in [5.74, 6) is -1.50. The van der Waals surface area contributed by atoms with Gasteiger partial charge in [-0.25, -0.2) is 5.43 Å². The molecule has 1 aliphatic rings. The van der Waals surface area contributed by atoms with E-state index < -0.39 is 11.8 Å². The molecule has 2 rings (SSSR count). The fraction of sp³-hybridized carbons (Fsp3) is 0.357. The summed E-state index contributed by atoms with van der Waals surface area (Å²) in [4.78, 5) is 23.0. The molecule has 0 saturated carbocycles. The Morgan fingerprint density at radius 2 is 2.29 bits per heavy atom. The van der Waals surface area contributed by atoms with Gasteiger partial charge in [-0.05, 0) is 30.5 Å². The first-order valence-corrected chi connectivity index (χ1v) is 6.67. The number of aromatic hydroxyl groups is 1. The SMILES string of the molecule is O=C(NCC1CCCO1)C(=O)N/N=C/c1cccc(O)c1. The van der Waals surface area contributed by atoms with Crippen LogP contribution in [0.2, 0.25) is 0 Å². The molecule has 0 radical (unpaired) electrons. The van der Waals surface area contributed by atoms with Crippen LogP contribution in [-0.4, -0.2) is 42.4 Å². The lowest BCUT2D eigenvalue weighted by molar-refractivity contribution is -0.139. The Balaban J connectivity index is 1.74. The molecule has 1 atom stereocenters. The number of carbonyl (C=O) groups is 2. The summed E-state index contributed by atoms with van der Waals surface area (Å²) in [5.41, 5.74) is 2.73. The summed E-state index contributed by atoms with van der Waals surface area (Å²) in [6.45, 7) is 1.02. The highest BCUT2D eigenvalue weighted by Gasteiger charge is 2.18. The summed E-state index contributed by atoms with van der Waals surface area (Å²) in [6.07, 6.45) is 3.18. The first-order chi connectivity index (χ1) is 10.1. The lowest BCUT2D eigenvalue weighted by Crippen LogP contribution is -2.41. The van der Waals surface area contributed by atoms with E-state index in [-0.39, 0.29) is 11.9 Å². The van der Waals surface area contributed by atoms with Crippen molar-refractivity contribution >= 4 is 18.0 Å². The van der Waals surface area contributed by atoms with Gasteiger partial charge in [0.15, 0.2) is 0 Å². The van der Waals surface area contributed by atoms with Gasteiger partial charge in [0, 0.05) is 13.2 Å². The molecular weight excluding hydrogens is 274 g/mol. The van der Waals surface area contributed by atoms with Crippen LogP contribution < -0.4 is 10.7 Å². The van der Waals surface area contributed by atoms with Crippen molar-refractivity contribution in [2.75, 3.05) is 13.2 Å². The Morgan fingerprint density at radius 1 is 1.43 bits per heavy atom. The molecule has 1 aromatic carbocycles. The minimum Gasteiger partial charge on any atom is -0.508 e. The van der Waals surface area contributed by atoms with Gasteiger partial charge in [0.1, 0.15) is 5.75 Å². The van der Waals surface area contributed by atoms with Gasteiger partial charge in [0.25, 0.3) is 0 Å². The van der Waals surface area contributed by atoms with Crippen molar-refractivity contribution in [1.29, 1.82) is 0 Å².